The highest BCUT2D eigenvalue weighted by Gasteiger charge is 2.28. The summed E-state index contributed by atoms with van der Waals surface area (Å²) in [5.41, 5.74) is 2.67. The fraction of sp³-hybridized carbons (Fsp3) is 0.640. The normalized spacial score (nSPS) is 12.8. The molecule has 3 atom stereocenters. The van der Waals surface area contributed by atoms with Crippen molar-refractivity contribution >= 4 is 46.9 Å². The van der Waals surface area contributed by atoms with Gasteiger partial charge < -0.3 is 31.3 Å². The van der Waals surface area contributed by atoms with Crippen LogP contribution < -0.4 is 26.6 Å². The summed E-state index contributed by atoms with van der Waals surface area (Å²) in [4.78, 5) is 74.5. The van der Waals surface area contributed by atoms with Crippen molar-refractivity contribution in [3.8, 4) is 11.1 Å². The van der Waals surface area contributed by atoms with Crippen LogP contribution in [0.2, 0.25) is 0 Å². The van der Waals surface area contributed by atoms with Gasteiger partial charge in [0.05, 0.1) is 0 Å². The van der Waals surface area contributed by atoms with Gasteiger partial charge in [-0.1, -0.05) is 115 Å². The Balaban J connectivity index is 0.00000157. The summed E-state index contributed by atoms with van der Waals surface area (Å²) in [5.74, 6) is 0.387. The highest BCUT2D eigenvalue weighted by Crippen LogP contribution is 2.24. The molecule has 12 nitrogen and oxygen atoms in total. The molecule has 0 unspecified atom stereocenters. The zero-order chi connectivity index (χ0) is 46.6. The zero-order valence-electron chi connectivity index (χ0n) is 39.9. The average Bonchev–Trinajstić information content (AvgIpc) is 3.09. The standard InChI is InChI=1S/C34H50N4O4.C15H29NO3.CH4/c1-21(2)17-29(37-31(39)19-23(5)6)33(41)35-27-13-9-25(10-14-27)26-11-15-28(16-12-26)36-34(42)30(18-22(3)4)38-32(40)20-24(7)8;1-10(2)8-12(14(18)19-15(5,6)7)16-13(17)9-11(3)4;/h9-16,21-24,29-30H,17-20H2,1-8H3,(H,35,41)(H,36,42)(H,37,39)(H,38,40);10-12H,8-9H2,1-7H3,(H,16,17);1H4/t29-,30-;12-;/m00./s1. The van der Waals surface area contributed by atoms with Crippen molar-refractivity contribution in [2.45, 2.75) is 174 Å². The van der Waals surface area contributed by atoms with E-state index in [9.17, 15) is 28.8 Å². The fourth-order valence-electron chi connectivity index (χ4n) is 6.29. The Morgan fingerprint density at radius 1 is 0.452 bits per heavy atom. The second kappa shape index (κ2) is 28.1. The van der Waals surface area contributed by atoms with Crippen molar-refractivity contribution in [3.05, 3.63) is 48.5 Å². The van der Waals surface area contributed by atoms with Crippen LogP contribution in [0, 0.1) is 35.5 Å². The predicted octanol–water partition coefficient (Wildman–Crippen LogP) is 9.93. The van der Waals surface area contributed by atoms with Crippen LogP contribution in [0.3, 0.4) is 0 Å². The molecule has 0 radical (unpaired) electrons. The Bertz CT molecular complexity index is 1580. The largest absolute Gasteiger partial charge is 0.458 e. The van der Waals surface area contributed by atoms with E-state index < -0.39 is 23.7 Å². The molecule has 62 heavy (non-hydrogen) atoms. The number of benzene rings is 2. The van der Waals surface area contributed by atoms with Crippen molar-refractivity contribution in [3.63, 3.8) is 0 Å². The molecule has 5 N–H and O–H groups in total. The Hall–Kier alpha value is -4.74. The first kappa shape index (κ1) is 57.3. The minimum atomic E-state index is -0.595. The van der Waals surface area contributed by atoms with E-state index >= 15 is 0 Å². The van der Waals surface area contributed by atoms with E-state index in [-0.39, 0.29) is 72.5 Å². The highest BCUT2D eigenvalue weighted by molar-refractivity contribution is 5.98. The number of anilines is 2. The van der Waals surface area contributed by atoms with Crippen molar-refractivity contribution in [2.75, 3.05) is 10.6 Å². The van der Waals surface area contributed by atoms with Gasteiger partial charge in [-0.05, 0) is 111 Å². The molecule has 2 aromatic rings. The monoisotopic (exact) mass is 866 g/mol. The first-order chi connectivity index (χ1) is 28.2. The van der Waals surface area contributed by atoms with Crippen LogP contribution in [0.1, 0.15) is 150 Å². The van der Waals surface area contributed by atoms with Crippen LogP contribution in [-0.2, 0) is 33.5 Å². The van der Waals surface area contributed by atoms with Crippen LogP contribution in [0.15, 0.2) is 48.5 Å². The van der Waals surface area contributed by atoms with Crippen LogP contribution >= 0.6 is 0 Å². The Morgan fingerprint density at radius 2 is 0.726 bits per heavy atom. The van der Waals surface area contributed by atoms with Crippen molar-refractivity contribution in [1.82, 2.24) is 16.0 Å². The average molecular weight is 866 g/mol. The lowest BCUT2D eigenvalue weighted by Gasteiger charge is -2.25. The smallest absolute Gasteiger partial charge is 0.329 e. The van der Waals surface area contributed by atoms with Crippen molar-refractivity contribution in [2.24, 2.45) is 35.5 Å². The van der Waals surface area contributed by atoms with Crippen LogP contribution in [0.5, 0.6) is 0 Å². The second-order valence-corrected chi connectivity index (χ2v) is 19.7. The molecule has 0 aromatic heterocycles. The van der Waals surface area contributed by atoms with Gasteiger partial charge >= 0.3 is 5.97 Å². The minimum Gasteiger partial charge on any atom is -0.458 e. The van der Waals surface area contributed by atoms with Crippen LogP contribution in [0.4, 0.5) is 11.4 Å². The SMILES string of the molecule is C.CC(C)CC(=O)N[C@@H](CC(C)C)C(=O)Nc1ccc(-c2ccc(NC(=O)[C@H](CC(C)C)NC(=O)CC(C)C)cc2)cc1.CC(C)CC(=O)N[C@@H](CC(C)C)C(=O)OC(C)(C)C. The summed E-state index contributed by atoms with van der Waals surface area (Å²) in [6.07, 6.45) is 2.90. The number of rotatable bonds is 21. The van der Waals surface area contributed by atoms with E-state index in [0.717, 1.165) is 11.1 Å². The first-order valence-corrected chi connectivity index (χ1v) is 22.2. The van der Waals surface area contributed by atoms with Gasteiger partial charge in [-0.15, -0.1) is 0 Å². The number of hydrogen-bond donors (Lipinski definition) is 5. The summed E-state index contributed by atoms with van der Waals surface area (Å²) >= 11 is 0. The Labute approximate surface area is 374 Å². The molecule has 12 heteroatoms. The topological polar surface area (TPSA) is 172 Å². The lowest BCUT2D eigenvalue weighted by Crippen LogP contribution is -2.45. The first-order valence-electron chi connectivity index (χ1n) is 22.2. The van der Waals surface area contributed by atoms with Gasteiger partial charge in [0.25, 0.3) is 0 Å². The summed E-state index contributed by atoms with van der Waals surface area (Å²) in [6, 6.07) is 13.3. The molecule has 0 bridgehead atoms. The van der Waals surface area contributed by atoms with E-state index in [1.165, 1.54) is 0 Å². The molecule has 0 heterocycles. The van der Waals surface area contributed by atoms with Gasteiger partial charge in [0.15, 0.2) is 0 Å². The number of hydrogen-bond acceptors (Lipinski definition) is 7. The maximum Gasteiger partial charge on any atom is 0.329 e. The number of carbonyl (C=O) groups excluding carboxylic acids is 6. The maximum absolute atomic E-state index is 13.0. The number of amides is 5. The molecule has 2 rings (SSSR count). The fourth-order valence-corrected chi connectivity index (χ4v) is 6.29. The zero-order valence-corrected chi connectivity index (χ0v) is 39.9. The molecule has 350 valence electrons. The van der Waals surface area contributed by atoms with E-state index in [1.54, 1.807) is 0 Å². The summed E-state index contributed by atoms with van der Waals surface area (Å²) in [6.45, 7) is 29.5. The maximum atomic E-state index is 13.0. The molecule has 0 aliphatic heterocycles. The predicted molar refractivity (Wildman–Crippen MR) is 254 cm³/mol. The molecule has 0 aliphatic rings. The van der Waals surface area contributed by atoms with E-state index in [4.69, 9.17) is 4.74 Å². The third-order valence-electron chi connectivity index (χ3n) is 8.87. The van der Waals surface area contributed by atoms with Crippen LogP contribution in [-0.4, -0.2) is 59.2 Å². The second-order valence-electron chi connectivity index (χ2n) is 19.7. The molecular formula is C50H83N5O7. The Morgan fingerprint density at radius 3 is 0.984 bits per heavy atom. The summed E-state index contributed by atoms with van der Waals surface area (Å²) in [7, 11) is 0. The quantitative estimate of drug-likeness (QED) is 0.0778. The molecule has 0 saturated carbocycles. The molecule has 0 fully saturated rings. The van der Waals surface area contributed by atoms with E-state index in [2.05, 4.69) is 26.6 Å². The molecule has 2 aromatic carbocycles. The van der Waals surface area contributed by atoms with E-state index in [1.807, 2.05) is 152 Å². The van der Waals surface area contributed by atoms with Crippen LogP contribution in [0.25, 0.3) is 11.1 Å². The molecule has 0 spiro atoms. The number of ether oxygens (including phenoxy) is 1. The molecule has 0 saturated heterocycles. The number of nitrogens with one attached hydrogen (secondary N) is 5. The van der Waals surface area contributed by atoms with Gasteiger partial charge in [0, 0.05) is 30.6 Å². The Kier molecular flexibility index (Phi) is 25.9. The van der Waals surface area contributed by atoms with E-state index in [0.29, 0.717) is 55.8 Å². The van der Waals surface area contributed by atoms with Crippen molar-refractivity contribution in [1.29, 1.82) is 0 Å². The molecular weight excluding hydrogens is 783 g/mol. The summed E-state index contributed by atoms with van der Waals surface area (Å²) in [5, 5.41) is 14.4. The van der Waals surface area contributed by atoms with Gasteiger partial charge in [-0.25, -0.2) is 4.79 Å². The minimum absolute atomic E-state index is 0. The lowest BCUT2D eigenvalue weighted by molar-refractivity contribution is -0.159. The third-order valence-corrected chi connectivity index (χ3v) is 8.87. The van der Waals surface area contributed by atoms with Gasteiger partial charge in [-0.3, -0.25) is 24.0 Å². The number of carbonyl (C=O) groups is 6. The third kappa shape index (κ3) is 25.3. The highest BCUT2D eigenvalue weighted by atomic mass is 16.6. The number of esters is 1. The van der Waals surface area contributed by atoms with Crippen molar-refractivity contribution < 1.29 is 33.5 Å². The summed E-state index contributed by atoms with van der Waals surface area (Å²) < 4.78 is 5.35. The van der Waals surface area contributed by atoms with Gasteiger partial charge in [0.2, 0.25) is 29.5 Å². The lowest BCUT2D eigenvalue weighted by atomic mass is 10.0. The molecule has 5 amide bonds. The van der Waals surface area contributed by atoms with Gasteiger partial charge in [-0.2, -0.15) is 0 Å². The van der Waals surface area contributed by atoms with Gasteiger partial charge in [0.1, 0.15) is 23.7 Å². The molecule has 0 aliphatic carbocycles.